The van der Waals surface area contributed by atoms with E-state index in [9.17, 15) is 9.59 Å². The van der Waals surface area contributed by atoms with Gasteiger partial charge in [-0.2, -0.15) is 0 Å². The predicted octanol–water partition coefficient (Wildman–Crippen LogP) is 5.20. The molecule has 1 aliphatic heterocycles. The second-order valence-corrected chi connectivity index (χ2v) is 8.87. The van der Waals surface area contributed by atoms with Crippen LogP contribution in [0.25, 0.3) is 17.0 Å². The van der Waals surface area contributed by atoms with Gasteiger partial charge in [0, 0.05) is 31.2 Å². The highest BCUT2D eigenvalue weighted by molar-refractivity contribution is 8.26. The lowest BCUT2D eigenvalue weighted by Crippen LogP contribution is -2.29. The molecule has 164 valence electrons. The predicted molar refractivity (Wildman–Crippen MR) is 129 cm³/mol. The van der Waals surface area contributed by atoms with Gasteiger partial charge in [0.25, 0.3) is 5.91 Å². The van der Waals surface area contributed by atoms with Gasteiger partial charge >= 0.3 is 5.97 Å². The number of benzene rings is 2. The molecule has 1 aromatic heterocycles. The van der Waals surface area contributed by atoms with Crippen LogP contribution < -0.4 is 4.74 Å². The SMILES string of the molecule is COCCCN1C(=O)/C(=C\c2ccc(OC(=O)c3oc4ccccc4c3C)cc2)SC1=S. The summed E-state index contributed by atoms with van der Waals surface area (Å²) in [6.45, 7) is 2.94. The number of rotatable bonds is 7. The van der Waals surface area contributed by atoms with Gasteiger partial charge in [-0.3, -0.25) is 9.69 Å². The van der Waals surface area contributed by atoms with Gasteiger partial charge in [0.1, 0.15) is 15.7 Å². The van der Waals surface area contributed by atoms with Crippen LogP contribution in [0.15, 0.2) is 57.9 Å². The minimum Gasteiger partial charge on any atom is -0.449 e. The first-order chi connectivity index (χ1) is 15.5. The van der Waals surface area contributed by atoms with Crippen molar-refractivity contribution >= 4 is 57.2 Å². The number of aryl methyl sites for hydroxylation is 1. The Bertz CT molecular complexity index is 1210. The van der Waals surface area contributed by atoms with Crippen molar-refractivity contribution in [2.24, 2.45) is 0 Å². The van der Waals surface area contributed by atoms with Crippen LogP contribution in [0.2, 0.25) is 0 Å². The van der Waals surface area contributed by atoms with E-state index in [1.165, 1.54) is 11.8 Å². The lowest BCUT2D eigenvalue weighted by molar-refractivity contribution is -0.122. The van der Waals surface area contributed by atoms with Crippen molar-refractivity contribution in [3.63, 3.8) is 0 Å². The number of hydrogen-bond acceptors (Lipinski definition) is 7. The number of esters is 1. The summed E-state index contributed by atoms with van der Waals surface area (Å²) in [6, 6.07) is 14.4. The zero-order valence-electron chi connectivity index (χ0n) is 17.6. The van der Waals surface area contributed by atoms with Gasteiger partial charge < -0.3 is 13.9 Å². The van der Waals surface area contributed by atoms with Crippen molar-refractivity contribution < 1.29 is 23.5 Å². The Hall–Kier alpha value is -2.94. The number of furan rings is 1. The Morgan fingerprint density at radius 3 is 2.66 bits per heavy atom. The summed E-state index contributed by atoms with van der Waals surface area (Å²) >= 11 is 6.61. The topological polar surface area (TPSA) is 69.0 Å². The van der Waals surface area contributed by atoms with E-state index >= 15 is 0 Å². The third kappa shape index (κ3) is 4.62. The van der Waals surface area contributed by atoms with Crippen LogP contribution in [0.5, 0.6) is 5.75 Å². The van der Waals surface area contributed by atoms with Crippen LogP contribution in [0.1, 0.15) is 28.1 Å². The molecule has 4 rings (SSSR count). The highest BCUT2D eigenvalue weighted by atomic mass is 32.2. The molecule has 32 heavy (non-hydrogen) atoms. The third-order valence-corrected chi connectivity index (χ3v) is 6.40. The first kappa shape index (κ1) is 22.3. The molecule has 2 heterocycles. The molecule has 0 unspecified atom stereocenters. The Kier molecular flexibility index (Phi) is 6.74. The van der Waals surface area contributed by atoms with E-state index < -0.39 is 5.97 Å². The number of methoxy groups -OCH3 is 1. The molecule has 8 heteroatoms. The molecule has 1 aliphatic rings. The van der Waals surface area contributed by atoms with E-state index in [0.29, 0.717) is 33.7 Å². The average molecular weight is 468 g/mol. The fraction of sp³-hybridized carbons (Fsp3) is 0.208. The lowest BCUT2D eigenvalue weighted by Gasteiger charge is -2.13. The molecular weight excluding hydrogens is 446 g/mol. The molecule has 6 nitrogen and oxygen atoms in total. The number of ether oxygens (including phenoxy) is 2. The van der Waals surface area contributed by atoms with Crippen LogP contribution in [0, 0.1) is 6.92 Å². The zero-order chi connectivity index (χ0) is 22.7. The average Bonchev–Trinajstić information content (AvgIpc) is 3.26. The first-order valence-electron chi connectivity index (χ1n) is 10.0. The van der Waals surface area contributed by atoms with E-state index in [0.717, 1.165) is 22.9 Å². The number of thiocarbonyl (C=S) groups is 1. The normalized spacial score (nSPS) is 15.2. The van der Waals surface area contributed by atoms with Crippen molar-refractivity contribution in [3.8, 4) is 5.75 Å². The number of fused-ring (bicyclic) bond motifs is 1. The maximum atomic E-state index is 12.6. The molecule has 2 aromatic carbocycles. The van der Waals surface area contributed by atoms with Gasteiger partial charge in [-0.1, -0.05) is 54.3 Å². The number of nitrogens with zero attached hydrogens (tertiary/aromatic N) is 1. The Morgan fingerprint density at radius 2 is 1.94 bits per heavy atom. The van der Waals surface area contributed by atoms with Crippen molar-refractivity contribution in [2.75, 3.05) is 20.3 Å². The maximum Gasteiger partial charge on any atom is 0.379 e. The maximum absolute atomic E-state index is 12.6. The van der Waals surface area contributed by atoms with E-state index in [1.807, 2.05) is 31.2 Å². The first-order valence-corrected chi connectivity index (χ1v) is 11.2. The second kappa shape index (κ2) is 9.68. The Morgan fingerprint density at radius 1 is 1.19 bits per heavy atom. The van der Waals surface area contributed by atoms with Gasteiger partial charge in [-0.25, -0.2) is 4.79 Å². The fourth-order valence-electron chi connectivity index (χ4n) is 3.37. The summed E-state index contributed by atoms with van der Waals surface area (Å²) in [5, 5.41) is 0.884. The molecule has 0 N–H and O–H groups in total. The fourth-order valence-corrected chi connectivity index (χ4v) is 4.67. The van der Waals surface area contributed by atoms with E-state index in [1.54, 1.807) is 42.4 Å². The summed E-state index contributed by atoms with van der Waals surface area (Å²) in [4.78, 5) is 27.4. The number of carbonyl (C=O) groups is 2. The number of thioether (sulfide) groups is 1. The van der Waals surface area contributed by atoms with Crippen LogP contribution in [0.3, 0.4) is 0 Å². The largest absolute Gasteiger partial charge is 0.449 e. The molecule has 1 fully saturated rings. The van der Waals surface area contributed by atoms with Crippen LogP contribution in [-0.4, -0.2) is 41.4 Å². The smallest absolute Gasteiger partial charge is 0.379 e. The van der Waals surface area contributed by atoms with Crippen molar-refractivity contribution in [1.29, 1.82) is 0 Å². The summed E-state index contributed by atoms with van der Waals surface area (Å²) in [5.41, 5.74) is 2.20. The van der Waals surface area contributed by atoms with E-state index in [4.69, 9.17) is 26.1 Å². The number of amides is 1. The number of hydrogen-bond donors (Lipinski definition) is 0. The molecular formula is C24H21NO5S2. The quantitative estimate of drug-likeness (QED) is 0.156. The molecule has 1 saturated heterocycles. The van der Waals surface area contributed by atoms with Gasteiger partial charge in [-0.15, -0.1) is 0 Å². The highest BCUT2D eigenvalue weighted by Gasteiger charge is 2.31. The van der Waals surface area contributed by atoms with Crippen molar-refractivity contribution in [3.05, 3.63) is 70.3 Å². The summed E-state index contributed by atoms with van der Waals surface area (Å²) in [6.07, 6.45) is 2.51. The highest BCUT2D eigenvalue weighted by Crippen LogP contribution is 2.33. The molecule has 0 saturated carbocycles. The molecule has 0 aliphatic carbocycles. The minimum atomic E-state index is -0.552. The molecule has 1 amide bonds. The Balaban J connectivity index is 1.44. The summed E-state index contributed by atoms with van der Waals surface area (Å²) in [5.74, 6) is -0.0816. The van der Waals surface area contributed by atoms with E-state index in [-0.39, 0.29) is 11.7 Å². The molecule has 0 spiro atoms. The molecule has 0 radical (unpaired) electrons. The molecule has 0 atom stereocenters. The van der Waals surface area contributed by atoms with Crippen LogP contribution >= 0.6 is 24.0 Å². The van der Waals surface area contributed by atoms with Gasteiger partial charge in [0.15, 0.2) is 0 Å². The van der Waals surface area contributed by atoms with E-state index in [2.05, 4.69) is 0 Å². The number of carbonyl (C=O) groups excluding carboxylic acids is 2. The molecule has 0 bridgehead atoms. The van der Waals surface area contributed by atoms with Gasteiger partial charge in [0.2, 0.25) is 5.76 Å². The number of para-hydroxylation sites is 1. The van der Waals surface area contributed by atoms with Gasteiger partial charge in [0.05, 0.1) is 4.91 Å². The summed E-state index contributed by atoms with van der Waals surface area (Å²) < 4.78 is 16.7. The zero-order valence-corrected chi connectivity index (χ0v) is 19.3. The Labute approximate surface area is 195 Å². The second-order valence-electron chi connectivity index (χ2n) is 7.19. The van der Waals surface area contributed by atoms with Crippen LogP contribution in [0.4, 0.5) is 0 Å². The minimum absolute atomic E-state index is 0.105. The lowest BCUT2D eigenvalue weighted by atomic mass is 10.1. The van der Waals surface area contributed by atoms with Crippen molar-refractivity contribution in [2.45, 2.75) is 13.3 Å². The van der Waals surface area contributed by atoms with Gasteiger partial charge in [-0.05, 0) is 43.2 Å². The monoisotopic (exact) mass is 467 g/mol. The van der Waals surface area contributed by atoms with Crippen LogP contribution in [-0.2, 0) is 9.53 Å². The standard InChI is InChI=1S/C24H21NO5S2/c1-15-18-6-3-4-7-19(18)30-21(15)23(27)29-17-10-8-16(9-11-17)14-20-22(26)25(24(31)32-20)12-5-13-28-2/h3-4,6-11,14H,5,12-13H2,1-2H3/b20-14+. The summed E-state index contributed by atoms with van der Waals surface area (Å²) in [7, 11) is 1.63. The third-order valence-electron chi connectivity index (χ3n) is 5.02. The van der Waals surface area contributed by atoms with Crippen molar-refractivity contribution in [1.82, 2.24) is 4.90 Å². The molecule has 3 aromatic rings.